The molecule has 1 atom stereocenters. The second kappa shape index (κ2) is 6.64. The van der Waals surface area contributed by atoms with Gasteiger partial charge in [-0.2, -0.15) is 0 Å². The van der Waals surface area contributed by atoms with E-state index < -0.39 is 0 Å². The Morgan fingerprint density at radius 1 is 1.58 bits per heavy atom. The van der Waals surface area contributed by atoms with Crippen molar-refractivity contribution in [3.05, 3.63) is 28.8 Å². The van der Waals surface area contributed by atoms with Crippen LogP contribution in [0.1, 0.15) is 31.9 Å². The van der Waals surface area contributed by atoms with Gasteiger partial charge in [-0.3, -0.25) is 4.79 Å². The molecule has 1 aliphatic heterocycles. The summed E-state index contributed by atoms with van der Waals surface area (Å²) in [5.74, 6) is 0.932. The van der Waals surface area contributed by atoms with Crippen molar-refractivity contribution in [2.24, 2.45) is 0 Å². The second-order valence-corrected chi connectivity index (χ2v) is 6.37. The Balaban J connectivity index is 2.03. The molecule has 1 aromatic rings. The van der Waals surface area contributed by atoms with E-state index in [0.717, 1.165) is 17.7 Å². The molecule has 0 aliphatic carbocycles. The van der Waals surface area contributed by atoms with Crippen LogP contribution in [0.4, 0.5) is 0 Å². The number of rotatable bonds is 4. The van der Waals surface area contributed by atoms with E-state index >= 15 is 0 Å². The fourth-order valence-electron chi connectivity index (χ4n) is 1.99. The van der Waals surface area contributed by atoms with E-state index in [0.29, 0.717) is 5.02 Å². The number of thioether (sulfide) groups is 1. The number of benzene rings is 1. The molecule has 3 nitrogen and oxygen atoms in total. The van der Waals surface area contributed by atoms with E-state index in [2.05, 4.69) is 5.32 Å². The van der Waals surface area contributed by atoms with Crippen LogP contribution in [0.5, 0.6) is 0 Å². The number of hydrogen-bond acceptors (Lipinski definition) is 3. The Labute approximate surface area is 123 Å². The Hall–Kier alpha value is -0.710. The molecule has 0 unspecified atom stereocenters. The fraction of sp³-hybridized carbons (Fsp3) is 0.500. The van der Waals surface area contributed by atoms with Crippen LogP contribution in [0.3, 0.4) is 0 Å². The van der Waals surface area contributed by atoms with Gasteiger partial charge in [0.25, 0.3) is 0 Å². The Bertz CT molecular complexity index is 465. The standard InChI is InChI=1S/C14H18ClNO2S/c1-9(2)18-8-14(17)16-12-5-6-19-13-4-3-10(15)7-11(12)13/h3-4,7,9,12H,5-6,8H2,1-2H3,(H,16,17)/t12-/m0/s1. The first-order valence-corrected chi connectivity index (χ1v) is 7.76. The normalized spacial score (nSPS) is 18.2. The molecule has 0 bridgehead atoms. The van der Waals surface area contributed by atoms with Gasteiger partial charge >= 0.3 is 0 Å². The van der Waals surface area contributed by atoms with E-state index in [-0.39, 0.29) is 24.7 Å². The third-order valence-corrected chi connectivity index (χ3v) is 4.25. The smallest absolute Gasteiger partial charge is 0.246 e. The second-order valence-electron chi connectivity index (χ2n) is 4.80. The number of ether oxygens (including phenoxy) is 1. The number of carbonyl (C=O) groups excluding carboxylic acids is 1. The summed E-state index contributed by atoms with van der Waals surface area (Å²) in [7, 11) is 0. The summed E-state index contributed by atoms with van der Waals surface area (Å²) >= 11 is 7.84. The molecule has 0 radical (unpaired) electrons. The minimum atomic E-state index is -0.0727. The molecule has 5 heteroatoms. The fourth-order valence-corrected chi connectivity index (χ4v) is 3.28. The number of nitrogens with one attached hydrogen (secondary N) is 1. The summed E-state index contributed by atoms with van der Waals surface area (Å²) in [4.78, 5) is 13.0. The molecule has 104 valence electrons. The molecule has 1 amide bonds. The molecule has 19 heavy (non-hydrogen) atoms. The molecule has 1 aromatic carbocycles. The summed E-state index contributed by atoms with van der Waals surface area (Å²) < 4.78 is 5.31. The third-order valence-electron chi connectivity index (χ3n) is 2.89. The summed E-state index contributed by atoms with van der Waals surface area (Å²) in [6.45, 7) is 3.94. The van der Waals surface area contributed by atoms with Crippen LogP contribution < -0.4 is 5.32 Å². The van der Waals surface area contributed by atoms with Crippen LogP contribution in [0.15, 0.2) is 23.1 Å². The lowest BCUT2D eigenvalue weighted by molar-refractivity contribution is -0.127. The van der Waals surface area contributed by atoms with Crippen molar-refractivity contribution >= 4 is 29.3 Å². The van der Waals surface area contributed by atoms with E-state index in [1.165, 1.54) is 4.90 Å². The van der Waals surface area contributed by atoms with Crippen molar-refractivity contribution < 1.29 is 9.53 Å². The highest BCUT2D eigenvalue weighted by Gasteiger charge is 2.22. The highest BCUT2D eigenvalue weighted by Crippen LogP contribution is 2.37. The molecular formula is C14H18ClNO2S. The van der Waals surface area contributed by atoms with Gasteiger partial charge in [-0.25, -0.2) is 0 Å². The number of hydrogen-bond donors (Lipinski definition) is 1. The lowest BCUT2D eigenvalue weighted by atomic mass is 10.0. The van der Waals surface area contributed by atoms with Gasteiger partial charge in [-0.05, 0) is 44.0 Å². The lowest BCUT2D eigenvalue weighted by Crippen LogP contribution is -2.34. The predicted octanol–water partition coefficient (Wildman–Crippen LogP) is 3.42. The van der Waals surface area contributed by atoms with Crippen LogP contribution >= 0.6 is 23.4 Å². The molecular weight excluding hydrogens is 282 g/mol. The van der Waals surface area contributed by atoms with Crippen LogP contribution in [0.2, 0.25) is 5.02 Å². The zero-order valence-corrected chi connectivity index (χ0v) is 12.7. The van der Waals surface area contributed by atoms with Gasteiger partial charge in [0, 0.05) is 15.7 Å². The quantitative estimate of drug-likeness (QED) is 0.926. The summed E-state index contributed by atoms with van der Waals surface area (Å²) in [6.07, 6.45) is 0.986. The van der Waals surface area contributed by atoms with E-state index in [4.69, 9.17) is 16.3 Å². The number of fused-ring (bicyclic) bond motifs is 1. The van der Waals surface area contributed by atoms with Gasteiger partial charge in [0.2, 0.25) is 5.91 Å². The third kappa shape index (κ3) is 4.13. The number of amides is 1. The SMILES string of the molecule is CC(C)OCC(=O)N[C@H]1CCSc2ccc(Cl)cc21. The van der Waals surface area contributed by atoms with Crippen molar-refractivity contribution in [1.29, 1.82) is 0 Å². The monoisotopic (exact) mass is 299 g/mol. The van der Waals surface area contributed by atoms with Gasteiger partial charge in [0.05, 0.1) is 12.1 Å². The van der Waals surface area contributed by atoms with E-state index in [1.807, 2.05) is 32.0 Å². The minimum absolute atomic E-state index is 0.0400. The maximum Gasteiger partial charge on any atom is 0.246 e. The topological polar surface area (TPSA) is 38.3 Å². The van der Waals surface area contributed by atoms with Crippen LogP contribution in [-0.2, 0) is 9.53 Å². The molecule has 2 rings (SSSR count). The molecule has 0 spiro atoms. The van der Waals surface area contributed by atoms with Gasteiger partial charge in [0.15, 0.2) is 0 Å². The summed E-state index contributed by atoms with van der Waals surface area (Å²) in [5.41, 5.74) is 1.11. The number of halogens is 1. The first-order chi connectivity index (χ1) is 9.06. The number of carbonyl (C=O) groups is 1. The Morgan fingerprint density at radius 3 is 3.11 bits per heavy atom. The average Bonchev–Trinajstić information content (AvgIpc) is 2.37. The molecule has 1 N–H and O–H groups in total. The summed E-state index contributed by atoms with van der Waals surface area (Å²) in [5, 5.41) is 3.73. The average molecular weight is 300 g/mol. The van der Waals surface area contributed by atoms with Crippen molar-refractivity contribution in [3.8, 4) is 0 Å². The van der Waals surface area contributed by atoms with Crippen molar-refractivity contribution in [1.82, 2.24) is 5.32 Å². The summed E-state index contributed by atoms with van der Waals surface area (Å²) in [6, 6.07) is 5.89. The van der Waals surface area contributed by atoms with Crippen molar-refractivity contribution in [3.63, 3.8) is 0 Å². The van der Waals surface area contributed by atoms with E-state index in [9.17, 15) is 4.79 Å². The van der Waals surface area contributed by atoms with Crippen molar-refractivity contribution in [2.45, 2.75) is 37.3 Å². The largest absolute Gasteiger partial charge is 0.369 e. The highest BCUT2D eigenvalue weighted by atomic mass is 35.5. The molecule has 1 heterocycles. The molecule has 0 fully saturated rings. The molecule has 0 saturated carbocycles. The molecule has 0 aromatic heterocycles. The van der Waals surface area contributed by atoms with Crippen LogP contribution in [0, 0.1) is 0 Å². The molecule has 1 aliphatic rings. The zero-order valence-electron chi connectivity index (χ0n) is 11.1. The highest BCUT2D eigenvalue weighted by molar-refractivity contribution is 7.99. The Morgan fingerprint density at radius 2 is 2.37 bits per heavy atom. The van der Waals surface area contributed by atoms with Crippen molar-refractivity contribution in [2.75, 3.05) is 12.4 Å². The van der Waals surface area contributed by atoms with Gasteiger partial charge < -0.3 is 10.1 Å². The first kappa shape index (κ1) is 14.7. The van der Waals surface area contributed by atoms with E-state index in [1.54, 1.807) is 11.8 Å². The Kier molecular flexibility index (Phi) is 5.13. The van der Waals surface area contributed by atoms with Gasteiger partial charge in [-0.1, -0.05) is 11.6 Å². The minimum Gasteiger partial charge on any atom is -0.369 e. The van der Waals surface area contributed by atoms with Gasteiger partial charge in [-0.15, -0.1) is 11.8 Å². The predicted molar refractivity (Wildman–Crippen MR) is 78.8 cm³/mol. The van der Waals surface area contributed by atoms with Crippen LogP contribution in [-0.4, -0.2) is 24.4 Å². The zero-order chi connectivity index (χ0) is 13.8. The maximum absolute atomic E-state index is 11.8. The lowest BCUT2D eigenvalue weighted by Gasteiger charge is -2.26. The van der Waals surface area contributed by atoms with Gasteiger partial charge in [0.1, 0.15) is 6.61 Å². The maximum atomic E-state index is 11.8. The van der Waals surface area contributed by atoms with Crippen LogP contribution in [0.25, 0.3) is 0 Å². The molecule has 0 saturated heterocycles. The first-order valence-electron chi connectivity index (χ1n) is 6.39.